The van der Waals surface area contributed by atoms with E-state index in [1.54, 1.807) is 6.92 Å². The molecule has 0 heterocycles. The molecule has 0 aliphatic heterocycles. The summed E-state index contributed by atoms with van der Waals surface area (Å²) in [7, 11) is 0. The Labute approximate surface area is 97.8 Å². The van der Waals surface area contributed by atoms with Crippen molar-refractivity contribution in [1.82, 2.24) is 5.32 Å². The maximum absolute atomic E-state index is 12.0. The van der Waals surface area contributed by atoms with E-state index in [9.17, 15) is 13.6 Å². The van der Waals surface area contributed by atoms with E-state index in [1.165, 1.54) is 18.2 Å². The molecule has 1 rings (SSSR count). The highest BCUT2D eigenvalue weighted by molar-refractivity contribution is 5.95. The molecule has 0 atom stereocenters. The zero-order valence-corrected chi connectivity index (χ0v) is 9.37. The molecule has 1 aromatic rings. The molecule has 0 bridgehead atoms. The van der Waals surface area contributed by atoms with Crippen LogP contribution in [0.3, 0.4) is 0 Å². The summed E-state index contributed by atoms with van der Waals surface area (Å²) in [4.78, 5) is 11.5. The average Bonchev–Trinajstić information content (AvgIpc) is 2.28. The highest BCUT2D eigenvalue weighted by Crippen LogP contribution is 2.23. The summed E-state index contributed by atoms with van der Waals surface area (Å²) in [6.45, 7) is 1.52. The highest BCUT2D eigenvalue weighted by Gasteiger charge is 2.10. The SMILES string of the molecule is CCNC(=O)c1ccc(N)c(OCC(F)F)c1. The van der Waals surface area contributed by atoms with Crippen LogP contribution in [0.25, 0.3) is 0 Å². The van der Waals surface area contributed by atoms with Gasteiger partial charge in [0.1, 0.15) is 12.4 Å². The minimum absolute atomic E-state index is 0.0917. The van der Waals surface area contributed by atoms with Gasteiger partial charge in [-0.05, 0) is 25.1 Å². The van der Waals surface area contributed by atoms with Crippen molar-refractivity contribution in [2.45, 2.75) is 13.3 Å². The van der Waals surface area contributed by atoms with Crippen molar-refractivity contribution in [3.05, 3.63) is 23.8 Å². The molecule has 0 aliphatic carbocycles. The lowest BCUT2D eigenvalue weighted by molar-refractivity contribution is 0.0822. The van der Waals surface area contributed by atoms with Crippen molar-refractivity contribution in [1.29, 1.82) is 0 Å². The van der Waals surface area contributed by atoms with Crippen molar-refractivity contribution < 1.29 is 18.3 Å². The third-order valence-corrected chi connectivity index (χ3v) is 1.98. The van der Waals surface area contributed by atoms with Crippen LogP contribution >= 0.6 is 0 Å². The van der Waals surface area contributed by atoms with E-state index in [2.05, 4.69) is 5.32 Å². The molecule has 94 valence electrons. The van der Waals surface area contributed by atoms with Gasteiger partial charge in [0.15, 0.2) is 0 Å². The Morgan fingerprint density at radius 3 is 2.82 bits per heavy atom. The van der Waals surface area contributed by atoms with Crippen LogP contribution in [-0.2, 0) is 0 Å². The summed E-state index contributed by atoms with van der Waals surface area (Å²) in [6, 6.07) is 4.31. The zero-order chi connectivity index (χ0) is 12.8. The largest absolute Gasteiger partial charge is 0.485 e. The Morgan fingerprint density at radius 1 is 1.53 bits per heavy atom. The first-order valence-electron chi connectivity index (χ1n) is 5.13. The maximum atomic E-state index is 12.0. The van der Waals surface area contributed by atoms with Crippen molar-refractivity contribution in [2.24, 2.45) is 0 Å². The number of benzene rings is 1. The van der Waals surface area contributed by atoms with Crippen molar-refractivity contribution >= 4 is 11.6 Å². The summed E-state index contributed by atoms with van der Waals surface area (Å²) in [5, 5.41) is 2.59. The fraction of sp³-hybridized carbons (Fsp3) is 0.364. The molecule has 1 aromatic carbocycles. The summed E-state index contributed by atoms with van der Waals surface area (Å²) in [6.07, 6.45) is -2.58. The lowest BCUT2D eigenvalue weighted by Gasteiger charge is -2.10. The van der Waals surface area contributed by atoms with Crippen LogP contribution in [0.4, 0.5) is 14.5 Å². The maximum Gasteiger partial charge on any atom is 0.272 e. The molecule has 0 unspecified atom stereocenters. The highest BCUT2D eigenvalue weighted by atomic mass is 19.3. The molecule has 0 spiro atoms. The van der Waals surface area contributed by atoms with Gasteiger partial charge < -0.3 is 15.8 Å². The second-order valence-electron chi connectivity index (χ2n) is 3.31. The molecule has 0 fully saturated rings. The minimum Gasteiger partial charge on any atom is -0.485 e. The Hall–Kier alpha value is -1.85. The molecular formula is C11H14F2N2O2. The summed E-state index contributed by atoms with van der Waals surface area (Å²) < 4.78 is 28.8. The number of halogens is 2. The topological polar surface area (TPSA) is 64.4 Å². The Bertz CT molecular complexity index is 397. The lowest BCUT2D eigenvalue weighted by atomic mass is 10.2. The second-order valence-corrected chi connectivity index (χ2v) is 3.31. The van der Waals surface area contributed by atoms with Crippen LogP contribution in [-0.4, -0.2) is 25.5 Å². The zero-order valence-electron chi connectivity index (χ0n) is 9.37. The number of nitrogen functional groups attached to an aromatic ring is 1. The lowest BCUT2D eigenvalue weighted by Crippen LogP contribution is -2.22. The van der Waals surface area contributed by atoms with Crippen LogP contribution in [0.1, 0.15) is 17.3 Å². The van der Waals surface area contributed by atoms with Gasteiger partial charge in [-0.15, -0.1) is 0 Å². The fourth-order valence-corrected chi connectivity index (χ4v) is 1.22. The van der Waals surface area contributed by atoms with Crippen molar-refractivity contribution in [3.63, 3.8) is 0 Å². The van der Waals surface area contributed by atoms with E-state index in [0.29, 0.717) is 12.1 Å². The molecule has 1 amide bonds. The number of alkyl halides is 2. The molecule has 0 aromatic heterocycles. The van der Waals surface area contributed by atoms with Crippen LogP contribution < -0.4 is 15.8 Å². The second kappa shape index (κ2) is 6.03. The quantitative estimate of drug-likeness (QED) is 0.774. The molecule has 17 heavy (non-hydrogen) atoms. The van der Waals surface area contributed by atoms with E-state index in [4.69, 9.17) is 10.5 Å². The summed E-state index contributed by atoms with van der Waals surface area (Å²) in [5.41, 5.74) is 6.09. The van der Waals surface area contributed by atoms with Gasteiger partial charge in [0.25, 0.3) is 12.3 Å². The van der Waals surface area contributed by atoms with Crippen molar-refractivity contribution in [2.75, 3.05) is 18.9 Å². The number of hydrogen-bond acceptors (Lipinski definition) is 3. The minimum atomic E-state index is -2.58. The summed E-state index contributed by atoms with van der Waals surface area (Å²) in [5.74, 6) is -0.205. The Kier molecular flexibility index (Phi) is 4.68. The number of amides is 1. The predicted octanol–water partition coefficient (Wildman–Crippen LogP) is 1.66. The molecular weight excluding hydrogens is 230 g/mol. The third kappa shape index (κ3) is 3.90. The number of carbonyl (C=O) groups excluding carboxylic acids is 1. The van der Waals surface area contributed by atoms with Crippen molar-refractivity contribution in [3.8, 4) is 5.75 Å². The molecule has 0 aliphatic rings. The molecule has 6 heteroatoms. The number of hydrogen-bond donors (Lipinski definition) is 2. The predicted molar refractivity (Wildman–Crippen MR) is 60.4 cm³/mol. The average molecular weight is 244 g/mol. The van der Waals surface area contributed by atoms with E-state index in [1.807, 2.05) is 0 Å². The van der Waals surface area contributed by atoms with Gasteiger partial charge in [-0.1, -0.05) is 0 Å². The summed E-state index contributed by atoms with van der Waals surface area (Å²) >= 11 is 0. The van der Waals surface area contributed by atoms with Crippen LogP contribution in [0, 0.1) is 0 Å². The van der Waals surface area contributed by atoms with Gasteiger partial charge >= 0.3 is 0 Å². The molecule has 0 saturated carbocycles. The number of ether oxygens (including phenoxy) is 1. The number of nitrogens with two attached hydrogens (primary N) is 1. The van der Waals surface area contributed by atoms with E-state index in [-0.39, 0.29) is 17.3 Å². The molecule has 3 N–H and O–H groups in total. The normalized spacial score (nSPS) is 10.4. The molecule has 0 saturated heterocycles. The number of rotatable bonds is 5. The first-order valence-corrected chi connectivity index (χ1v) is 5.13. The number of nitrogens with one attached hydrogen (secondary N) is 1. The molecule has 4 nitrogen and oxygen atoms in total. The Morgan fingerprint density at radius 2 is 2.24 bits per heavy atom. The van der Waals surface area contributed by atoms with Crippen LogP contribution in [0.2, 0.25) is 0 Å². The van der Waals surface area contributed by atoms with E-state index in [0.717, 1.165) is 0 Å². The van der Waals surface area contributed by atoms with E-state index >= 15 is 0 Å². The van der Waals surface area contributed by atoms with Crippen LogP contribution in [0.5, 0.6) is 5.75 Å². The third-order valence-electron chi connectivity index (χ3n) is 1.98. The first-order chi connectivity index (χ1) is 8.04. The van der Waals surface area contributed by atoms with Gasteiger partial charge in [0.2, 0.25) is 0 Å². The van der Waals surface area contributed by atoms with Gasteiger partial charge in [-0.25, -0.2) is 8.78 Å². The smallest absolute Gasteiger partial charge is 0.272 e. The van der Waals surface area contributed by atoms with Crippen LogP contribution in [0.15, 0.2) is 18.2 Å². The van der Waals surface area contributed by atoms with Gasteiger partial charge in [-0.2, -0.15) is 0 Å². The Balaban J connectivity index is 2.82. The van der Waals surface area contributed by atoms with E-state index < -0.39 is 13.0 Å². The number of carbonyl (C=O) groups is 1. The van der Waals surface area contributed by atoms with Gasteiger partial charge in [0.05, 0.1) is 5.69 Å². The number of anilines is 1. The standard InChI is InChI=1S/C11H14F2N2O2/c1-2-15-11(16)7-3-4-8(14)9(5-7)17-6-10(12)13/h3-5,10H,2,6,14H2,1H3,(H,15,16). The van der Waals surface area contributed by atoms with Gasteiger partial charge in [-0.3, -0.25) is 4.79 Å². The monoisotopic (exact) mass is 244 g/mol. The van der Waals surface area contributed by atoms with Gasteiger partial charge in [0, 0.05) is 12.1 Å². The first kappa shape index (κ1) is 13.2. The molecule has 0 radical (unpaired) electrons. The fourth-order valence-electron chi connectivity index (χ4n) is 1.22.